The van der Waals surface area contributed by atoms with E-state index >= 15 is 0 Å². The van der Waals surface area contributed by atoms with Gasteiger partial charge in [0, 0.05) is 0 Å². The number of carbonyl (C=O) groups is 1. The highest BCUT2D eigenvalue weighted by atomic mass is 16.5. The summed E-state index contributed by atoms with van der Waals surface area (Å²) in [6, 6.07) is 0. The van der Waals surface area contributed by atoms with Gasteiger partial charge < -0.3 is 9.84 Å². The Morgan fingerprint density at radius 3 is 2.77 bits per heavy atom. The molecule has 0 radical (unpaired) electrons. The van der Waals surface area contributed by atoms with Gasteiger partial charge in [-0.15, -0.1) is 0 Å². The quantitative estimate of drug-likeness (QED) is 0.498. The summed E-state index contributed by atoms with van der Waals surface area (Å²) >= 11 is 0. The number of methoxy groups -OCH3 is 1. The van der Waals surface area contributed by atoms with Crippen molar-refractivity contribution in [1.29, 1.82) is 0 Å². The number of ether oxygens (including phenoxy) is 1. The standard InChI is InChI=1S/C10H18O3/c1-8-4-3-6-10(12,7-5-8)9(11)13-2/h8,12H,3-7H2,1-2H3. The van der Waals surface area contributed by atoms with E-state index in [4.69, 9.17) is 0 Å². The van der Waals surface area contributed by atoms with E-state index in [0.29, 0.717) is 18.8 Å². The van der Waals surface area contributed by atoms with Crippen LogP contribution in [0, 0.1) is 5.92 Å². The van der Waals surface area contributed by atoms with Crippen LogP contribution in [0.5, 0.6) is 0 Å². The van der Waals surface area contributed by atoms with Crippen LogP contribution in [0.25, 0.3) is 0 Å². The van der Waals surface area contributed by atoms with E-state index in [1.54, 1.807) is 0 Å². The van der Waals surface area contributed by atoms with E-state index < -0.39 is 11.6 Å². The molecule has 0 saturated heterocycles. The first-order valence-corrected chi connectivity index (χ1v) is 4.89. The van der Waals surface area contributed by atoms with Crippen LogP contribution in [0.2, 0.25) is 0 Å². The Hall–Kier alpha value is -0.570. The van der Waals surface area contributed by atoms with Gasteiger partial charge in [-0.05, 0) is 31.6 Å². The van der Waals surface area contributed by atoms with Crippen molar-refractivity contribution in [3.63, 3.8) is 0 Å². The van der Waals surface area contributed by atoms with Gasteiger partial charge in [0.05, 0.1) is 7.11 Å². The van der Waals surface area contributed by atoms with Crippen molar-refractivity contribution in [2.45, 2.75) is 44.6 Å². The lowest BCUT2D eigenvalue weighted by molar-refractivity contribution is -0.163. The van der Waals surface area contributed by atoms with Crippen LogP contribution < -0.4 is 0 Å². The SMILES string of the molecule is COC(=O)C1(O)CCCC(C)CC1. The molecule has 0 spiro atoms. The van der Waals surface area contributed by atoms with E-state index in [0.717, 1.165) is 19.3 Å². The second kappa shape index (κ2) is 4.09. The molecule has 0 aromatic rings. The van der Waals surface area contributed by atoms with Gasteiger partial charge in [-0.2, -0.15) is 0 Å². The Morgan fingerprint density at radius 1 is 1.46 bits per heavy atom. The molecule has 1 aliphatic rings. The minimum atomic E-state index is -1.21. The van der Waals surface area contributed by atoms with Crippen LogP contribution >= 0.6 is 0 Å². The highest BCUT2D eigenvalue weighted by Gasteiger charge is 2.38. The molecule has 0 aromatic heterocycles. The Bertz CT molecular complexity index is 191. The third-order valence-electron chi connectivity index (χ3n) is 2.90. The van der Waals surface area contributed by atoms with E-state index in [9.17, 15) is 9.90 Å². The fourth-order valence-electron chi connectivity index (χ4n) is 1.89. The van der Waals surface area contributed by atoms with E-state index in [-0.39, 0.29) is 0 Å². The molecule has 0 bridgehead atoms. The first-order chi connectivity index (χ1) is 6.08. The molecule has 0 heterocycles. The van der Waals surface area contributed by atoms with Crippen molar-refractivity contribution in [3.05, 3.63) is 0 Å². The predicted octanol–water partition coefficient (Wildman–Crippen LogP) is 1.49. The van der Waals surface area contributed by atoms with Crippen LogP contribution in [0.3, 0.4) is 0 Å². The average Bonchev–Trinajstić information content (AvgIpc) is 2.28. The minimum absolute atomic E-state index is 0.471. The molecule has 1 aliphatic carbocycles. The normalized spacial score (nSPS) is 35.2. The van der Waals surface area contributed by atoms with Crippen molar-refractivity contribution in [3.8, 4) is 0 Å². The Labute approximate surface area is 79.1 Å². The lowest BCUT2D eigenvalue weighted by Crippen LogP contribution is -2.39. The van der Waals surface area contributed by atoms with Crippen molar-refractivity contribution in [2.75, 3.05) is 7.11 Å². The van der Waals surface area contributed by atoms with Crippen molar-refractivity contribution < 1.29 is 14.6 Å². The first kappa shape index (κ1) is 10.5. The van der Waals surface area contributed by atoms with Crippen molar-refractivity contribution >= 4 is 5.97 Å². The smallest absolute Gasteiger partial charge is 0.337 e. The van der Waals surface area contributed by atoms with Gasteiger partial charge in [0.1, 0.15) is 0 Å². The Morgan fingerprint density at radius 2 is 2.15 bits per heavy atom. The first-order valence-electron chi connectivity index (χ1n) is 4.89. The molecule has 2 unspecified atom stereocenters. The molecule has 1 saturated carbocycles. The number of aliphatic hydroxyl groups is 1. The molecule has 1 rings (SSSR count). The van der Waals surface area contributed by atoms with Crippen LogP contribution in [-0.4, -0.2) is 23.8 Å². The minimum Gasteiger partial charge on any atom is -0.467 e. The summed E-state index contributed by atoms with van der Waals surface area (Å²) in [5.41, 5.74) is -1.21. The lowest BCUT2D eigenvalue weighted by atomic mass is 9.94. The number of hydrogen-bond acceptors (Lipinski definition) is 3. The fourth-order valence-corrected chi connectivity index (χ4v) is 1.89. The molecule has 3 nitrogen and oxygen atoms in total. The van der Waals surface area contributed by atoms with Crippen LogP contribution in [0.4, 0.5) is 0 Å². The third kappa shape index (κ3) is 2.44. The number of carbonyl (C=O) groups excluding carboxylic acids is 1. The molecule has 76 valence electrons. The highest BCUT2D eigenvalue weighted by Crippen LogP contribution is 2.30. The monoisotopic (exact) mass is 186 g/mol. The molecule has 0 amide bonds. The zero-order chi connectivity index (χ0) is 9.90. The topological polar surface area (TPSA) is 46.5 Å². The Balaban J connectivity index is 2.62. The van der Waals surface area contributed by atoms with E-state index in [1.165, 1.54) is 7.11 Å². The average molecular weight is 186 g/mol. The zero-order valence-corrected chi connectivity index (χ0v) is 8.38. The summed E-state index contributed by atoms with van der Waals surface area (Å²) in [6.07, 6.45) is 4.00. The molecule has 3 heteroatoms. The second-order valence-corrected chi connectivity index (χ2v) is 4.06. The summed E-state index contributed by atoms with van der Waals surface area (Å²) in [7, 11) is 1.33. The molecule has 13 heavy (non-hydrogen) atoms. The lowest BCUT2D eigenvalue weighted by Gasteiger charge is -2.22. The number of hydrogen-bond donors (Lipinski definition) is 1. The molecule has 1 N–H and O–H groups in total. The van der Waals surface area contributed by atoms with Crippen LogP contribution in [-0.2, 0) is 9.53 Å². The molecule has 0 aromatic carbocycles. The summed E-state index contributed by atoms with van der Waals surface area (Å²) in [4.78, 5) is 11.3. The van der Waals surface area contributed by atoms with Gasteiger partial charge in [0.15, 0.2) is 5.60 Å². The van der Waals surface area contributed by atoms with E-state index in [2.05, 4.69) is 11.7 Å². The van der Waals surface area contributed by atoms with Gasteiger partial charge in [-0.3, -0.25) is 0 Å². The second-order valence-electron chi connectivity index (χ2n) is 4.06. The number of esters is 1. The van der Waals surface area contributed by atoms with Gasteiger partial charge >= 0.3 is 5.97 Å². The molecule has 0 aliphatic heterocycles. The van der Waals surface area contributed by atoms with Crippen molar-refractivity contribution in [1.82, 2.24) is 0 Å². The highest BCUT2D eigenvalue weighted by molar-refractivity contribution is 5.79. The maximum absolute atomic E-state index is 11.3. The third-order valence-corrected chi connectivity index (χ3v) is 2.90. The summed E-state index contributed by atoms with van der Waals surface area (Å²) < 4.78 is 4.59. The Kier molecular flexibility index (Phi) is 3.31. The van der Waals surface area contributed by atoms with Crippen molar-refractivity contribution in [2.24, 2.45) is 5.92 Å². The molecule has 2 atom stereocenters. The van der Waals surface area contributed by atoms with Gasteiger partial charge in [0.2, 0.25) is 0 Å². The predicted molar refractivity (Wildman–Crippen MR) is 49.2 cm³/mol. The number of rotatable bonds is 1. The van der Waals surface area contributed by atoms with Gasteiger partial charge in [0.25, 0.3) is 0 Å². The maximum atomic E-state index is 11.3. The van der Waals surface area contributed by atoms with Gasteiger partial charge in [-0.1, -0.05) is 13.3 Å². The summed E-state index contributed by atoms with van der Waals surface area (Å²) in [5.74, 6) is 0.139. The van der Waals surface area contributed by atoms with Crippen LogP contribution in [0.1, 0.15) is 39.0 Å². The summed E-state index contributed by atoms with van der Waals surface area (Å²) in [5, 5.41) is 9.96. The van der Waals surface area contributed by atoms with Crippen LogP contribution in [0.15, 0.2) is 0 Å². The molecular formula is C10H18O3. The maximum Gasteiger partial charge on any atom is 0.337 e. The van der Waals surface area contributed by atoms with Gasteiger partial charge in [-0.25, -0.2) is 4.79 Å². The van der Waals surface area contributed by atoms with E-state index in [1.807, 2.05) is 0 Å². The molecule has 1 fully saturated rings. The summed E-state index contributed by atoms with van der Waals surface area (Å²) in [6.45, 7) is 2.16. The molecular weight excluding hydrogens is 168 g/mol. The largest absolute Gasteiger partial charge is 0.467 e. The fraction of sp³-hybridized carbons (Fsp3) is 0.900. The zero-order valence-electron chi connectivity index (χ0n) is 8.38.